The molecule has 5 atom stereocenters. The largest absolute Gasteiger partial charge is 0.307 e. The standard InChI is InChI=1S/C24H30N2/c1-16-23-20(11-10-17-7-4-3-5-8-17)21-13-19-15-24(16,2)25-12-6-9-18(19)14-22(21)26-23/h3-9,16,20-21,23,25H,10-15H2,1-2H3. The molecule has 1 saturated carbocycles. The van der Waals surface area contributed by atoms with Crippen LogP contribution in [0.15, 0.2) is 58.6 Å². The molecule has 5 unspecified atom stereocenters. The van der Waals surface area contributed by atoms with Crippen LogP contribution in [0.5, 0.6) is 0 Å². The number of benzene rings is 1. The first kappa shape index (κ1) is 16.5. The number of nitrogens with one attached hydrogen (secondary N) is 1. The number of fused-ring (bicyclic) bond motifs is 2. The highest BCUT2D eigenvalue weighted by Gasteiger charge is 2.50. The first-order chi connectivity index (χ1) is 12.6. The van der Waals surface area contributed by atoms with E-state index < -0.39 is 0 Å². The Kier molecular flexibility index (Phi) is 3.93. The minimum absolute atomic E-state index is 0.162. The number of hydrogen-bond acceptors (Lipinski definition) is 2. The lowest BCUT2D eigenvalue weighted by molar-refractivity contribution is 0.156. The second-order valence-corrected chi connectivity index (χ2v) is 9.08. The van der Waals surface area contributed by atoms with Gasteiger partial charge in [0, 0.05) is 30.1 Å². The molecule has 0 radical (unpaired) electrons. The highest BCUT2D eigenvalue weighted by atomic mass is 15.0. The summed E-state index contributed by atoms with van der Waals surface area (Å²) in [6, 6.07) is 11.5. The molecule has 0 saturated heterocycles. The van der Waals surface area contributed by atoms with Gasteiger partial charge in [0.25, 0.3) is 0 Å². The van der Waals surface area contributed by atoms with E-state index >= 15 is 0 Å². The van der Waals surface area contributed by atoms with E-state index in [0.717, 1.165) is 13.0 Å². The molecule has 2 heteroatoms. The van der Waals surface area contributed by atoms with Crippen molar-refractivity contribution in [2.24, 2.45) is 22.7 Å². The fraction of sp³-hybridized carbons (Fsp3) is 0.542. The molecule has 2 nitrogen and oxygen atoms in total. The van der Waals surface area contributed by atoms with Gasteiger partial charge in [0.05, 0.1) is 6.04 Å². The number of nitrogens with zero attached hydrogens (tertiary/aromatic N) is 1. The van der Waals surface area contributed by atoms with Gasteiger partial charge in [0.15, 0.2) is 0 Å². The van der Waals surface area contributed by atoms with E-state index in [4.69, 9.17) is 4.99 Å². The molecule has 5 rings (SSSR count). The highest BCUT2D eigenvalue weighted by molar-refractivity contribution is 5.93. The maximum Gasteiger partial charge on any atom is 0.0577 e. The highest BCUT2D eigenvalue weighted by Crippen LogP contribution is 2.50. The summed E-state index contributed by atoms with van der Waals surface area (Å²) in [6.07, 6.45) is 10.7. The van der Waals surface area contributed by atoms with Crippen LogP contribution in [0.2, 0.25) is 0 Å². The third kappa shape index (κ3) is 2.62. The second-order valence-electron chi connectivity index (χ2n) is 9.08. The molecule has 136 valence electrons. The van der Waals surface area contributed by atoms with Crippen molar-refractivity contribution < 1.29 is 0 Å². The molecule has 1 aromatic rings. The summed E-state index contributed by atoms with van der Waals surface area (Å²) in [4.78, 5) is 5.38. The van der Waals surface area contributed by atoms with Crippen molar-refractivity contribution in [1.82, 2.24) is 5.32 Å². The van der Waals surface area contributed by atoms with Gasteiger partial charge in [-0.1, -0.05) is 55.0 Å². The van der Waals surface area contributed by atoms with E-state index in [-0.39, 0.29) is 5.54 Å². The van der Waals surface area contributed by atoms with E-state index in [1.807, 2.05) is 0 Å². The van der Waals surface area contributed by atoms with Crippen LogP contribution in [-0.2, 0) is 6.42 Å². The van der Waals surface area contributed by atoms with Gasteiger partial charge in [0.1, 0.15) is 0 Å². The Morgan fingerprint density at radius 1 is 1.23 bits per heavy atom. The molecule has 2 heterocycles. The molecular weight excluding hydrogens is 316 g/mol. The van der Waals surface area contributed by atoms with E-state index in [0.29, 0.717) is 23.8 Å². The van der Waals surface area contributed by atoms with E-state index in [9.17, 15) is 0 Å². The molecule has 0 spiro atoms. The minimum Gasteiger partial charge on any atom is -0.307 e. The number of hydrogen-bond donors (Lipinski definition) is 1. The van der Waals surface area contributed by atoms with Crippen LogP contribution in [-0.4, -0.2) is 23.8 Å². The zero-order valence-electron chi connectivity index (χ0n) is 16.0. The number of aryl methyl sites for hydroxylation is 1. The molecule has 1 aromatic carbocycles. The summed E-state index contributed by atoms with van der Waals surface area (Å²) in [7, 11) is 0. The van der Waals surface area contributed by atoms with E-state index in [1.54, 1.807) is 11.1 Å². The van der Waals surface area contributed by atoms with Gasteiger partial charge in [-0.2, -0.15) is 0 Å². The number of aliphatic imine (C=N–C) groups is 1. The van der Waals surface area contributed by atoms with Gasteiger partial charge in [0.2, 0.25) is 0 Å². The van der Waals surface area contributed by atoms with E-state index in [1.165, 1.54) is 37.0 Å². The molecule has 1 fully saturated rings. The topological polar surface area (TPSA) is 24.4 Å². The van der Waals surface area contributed by atoms with Crippen molar-refractivity contribution in [2.45, 2.75) is 57.5 Å². The predicted molar refractivity (Wildman–Crippen MR) is 109 cm³/mol. The van der Waals surface area contributed by atoms with Crippen LogP contribution in [0.1, 0.15) is 45.1 Å². The Bertz CT molecular complexity index is 788. The van der Waals surface area contributed by atoms with Gasteiger partial charge >= 0.3 is 0 Å². The zero-order chi connectivity index (χ0) is 17.7. The van der Waals surface area contributed by atoms with Crippen molar-refractivity contribution in [2.75, 3.05) is 6.54 Å². The molecule has 26 heavy (non-hydrogen) atoms. The summed E-state index contributed by atoms with van der Waals surface area (Å²) in [5, 5.41) is 3.87. The average Bonchev–Trinajstić information content (AvgIpc) is 3.00. The molecule has 4 aliphatic rings. The predicted octanol–water partition coefficient (Wildman–Crippen LogP) is 4.72. The fourth-order valence-corrected chi connectivity index (χ4v) is 5.92. The molecular formula is C24H30N2. The Morgan fingerprint density at radius 3 is 2.92 bits per heavy atom. The Hall–Kier alpha value is -1.67. The Morgan fingerprint density at radius 2 is 2.08 bits per heavy atom. The number of allylic oxidation sites excluding steroid dienone is 2. The minimum atomic E-state index is 0.162. The van der Waals surface area contributed by atoms with Gasteiger partial charge < -0.3 is 5.32 Å². The maximum absolute atomic E-state index is 5.38. The van der Waals surface area contributed by atoms with Crippen molar-refractivity contribution in [3.05, 3.63) is 59.2 Å². The molecule has 1 N–H and O–H groups in total. The maximum atomic E-state index is 5.38. The first-order valence-electron chi connectivity index (χ1n) is 10.4. The van der Waals surface area contributed by atoms with Crippen molar-refractivity contribution in [3.8, 4) is 0 Å². The lowest BCUT2D eigenvalue weighted by Crippen LogP contribution is -2.54. The van der Waals surface area contributed by atoms with Gasteiger partial charge in [-0.15, -0.1) is 0 Å². The molecule has 0 aromatic heterocycles. The Labute approximate surface area is 157 Å². The van der Waals surface area contributed by atoms with Gasteiger partial charge in [-0.05, 0) is 55.6 Å². The second kappa shape index (κ2) is 6.20. The van der Waals surface area contributed by atoms with Crippen LogP contribution < -0.4 is 5.32 Å². The van der Waals surface area contributed by atoms with Crippen molar-refractivity contribution >= 4 is 5.71 Å². The van der Waals surface area contributed by atoms with E-state index in [2.05, 4.69) is 61.6 Å². The first-order valence-corrected chi connectivity index (χ1v) is 10.4. The zero-order valence-corrected chi connectivity index (χ0v) is 16.0. The third-order valence-corrected chi connectivity index (χ3v) is 7.64. The summed E-state index contributed by atoms with van der Waals surface area (Å²) < 4.78 is 0. The normalized spacial score (nSPS) is 38.0. The van der Waals surface area contributed by atoms with Crippen molar-refractivity contribution in [3.63, 3.8) is 0 Å². The SMILES string of the molecule is CC1C2N=C3CC4=C(CC3C2CCc2ccccc2)CC1(C)NCC=C4. The van der Waals surface area contributed by atoms with Crippen molar-refractivity contribution in [1.29, 1.82) is 0 Å². The van der Waals surface area contributed by atoms with Crippen LogP contribution in [0.4, 0.5) is 0 Å². The lowest BCUT2D eigenvalue weighted by Gasteiger charge is -2.46. The monoisotopic (exact) mass is 346 g/mol. The van der Waals surface area contributed by atoms with Crippen LogP contribution >= 0.6 is 0 Å². The smallest absolute Gasteiger partial charge is 0.0577 e. The quantitative estimate of drug-likeness (QED) is 0.841. The lowest BCUT2D eigenvalue weighted by atomic mass is 9.63. The third-order valence-electron chi connectivity index (χ3n) is 7.64. The van der Waals surface area contributed by atoms with Gasteiger partial charge in [-0.3, -0.25) is 4.99 Å². The van der Waals surface area contributed by atoms with Crippen LogP contribution in [0.3, 0.4) is 0 Å². The average molecular weight is 347 g/mol. The molecule has 2 aliphatic heterocycles. The summed E-state index contributed by atoms with van der Waals surface area (Å²) in [5.41, 5.74) is 6.42. The molecule has 4 bridgehead atoms. The summed E-state index contributed by atoms with van der Waals surface area (Å²) in [5.74, 6) is 1.98. The summed E-state index contributed by atoms with van der Waals surface area (Å²) >= 11 is 0. The van der Waals surface area contributed by atoms with Gasteiger partial charge in [-0.25, -0.2) is 0 Å². The van der Waals surface area contributed by atoms with Crippen LogP contribution in [0.25, 0.3) is 0 Å². The fourth-order valence-electron chi connectivity index (χ4n) is 5.92. The summed E-state index contributed by atoms with van der Waals surface area (Å²) in [6.45, 7) is 5.88. The van der Waals surface area contributed by atoms with Crippen LogP contribution in [0, 0.1) is 17.8 Å². The number of rotatable bonds is 3. The molecule has 2 aliphatic carbocycles. The Balaban J connectivity index is 1.49. The molecule has 0 amide bonds.